The number of carboxylic acids is 2. The molecule has 0 saturated carbocycles. The highest BCUT2D eigenvalue weighted by Crippen LogP contribution is 2.26. The summed E-state index contributed by atoms with van der Waals surface area (Å²) in [5, 5.41) is 18.1. The Morgan fingerprint density at radius 3 is 1.69 bits per heavy atom. The van der Waals surface area contributed by atoms with Gasteiger partial charge in [-0.25, -0.2) is 9.59 Å². The Kier molecular flexibility index (Phi) is 3.17. The molecule has 0 unspecified atom stereocenters. The molecular weight excluding hydrogens is 210 g/mol. The van der Waals surface area contributed by atoms with E-state index in [0.717, 1.165) is 0 Å². The lowest BCUT2D eigenvalue weighted by Crippen LogP contribution is -2.18. The Balaban J connectivity index is 3.60. The van der Waals surface area contributed by atoms with E-state index in [1.54, 1.807) is 21.0 Å². The number of aryl methyl sites for hydroxylation is 1. The van der Waals surface area contributed by atoms with Crippen LogP contribution in [0, 0.1) is 6.92 Å². The van der Waals surface area contributed by atoms with E-state index in [4.69, 9.17) is 10.2 Å². The summed E-state index contributed by atoms with van der Waals surface area (Å²) in [5.74, 6) is -2.26. The van der Waals surface area contributed by atoms with Crippen LogP contribution in [0.25, 0.3) is 0 Å². The van der Waals surface area contributed by atoms with E-state index >= 15 is 0 Å². The molecule has 0 radical (unpaired) electrons. The zero-order chi connectivity index (χ0) is 12.5. The molecule has 0 aliphatic rings. The van der Waals surface area contributed by atoms with Crippen LogP contribution in [0.1, 0.15) is 26.3 Å². The first kappa shape index (κ1) is 12.0. The van der Waals surface area contributed by atoms with Crippen molar-refractivity contribution in [2.75, 3.05) is 19.0 Å². The highest BCUT2D eigenvalue weighted by molar-refractivity contribution is 6.03. The average Bonchev–Trinajstić information content (AvgIpc) is 2.15. The SMILES string of the molecule is Cc1cc(C(=O)O)c(N(C)C)c(C(=O)O)c1. The third-order valence-electron chi connectivity index (χ3n) is 2.16. The van der Waals surface area contributed by atoms with Gasteiger partial charge in [-0.15, -0.1) is 0 Å². The van der Waals surface area contributed by atoms with E-state index in [1.807, 2.05) is 0 Å². The molecule has 0 bridgehead atoms. The number of nitrogens with zero attached hydrogens (tertiary/aromatic N) is 1. The van der Waals surface area contributed by atoms with E-state index in [0.29, 0.717) is 5.56 Å². The third-order valence-corrected chi connectivity index (χ3v) is 2.16. The quantitative estimate of drug-likeness (QED) is 0.811. The van der Waals surface area contributed by atoms with Gasteiger partial charge in [0.25, 0.3) is 0 Å². The molecule has 0 aromatic heterocycles. The molecular formula is C11H13NO4. The van der Waals surface area contributed by atoms with Gasteiger partial charge < -0.3 is 15.1 Å². The van der Waals surface area contributed by atoms with Crippen LogP contribution in [0.3, 0.4) is 0 Å². The van der Waals surface area contributed by atoms with Crippen molar-refractivity contribution in [3.05, 3.63) is 28.8 Å². The molecule has 16 heavy (non-hydrogen) atoms. The molecule has 5 nitrogen and oxygen atoms in total. The van der Waals surface area contributed by atoms with Gasteiger partial charge >= 0.3 is 11.9 Å². The van der Waals surface area contributed by atoms with Gasteiger partial charge in [-0.2, -0.15) is 0 Å². The summed E-state index contributed by atoms with van der Waals surface area (Å²) in [6.07, 6.45) is 0. The minimum absolute atomic E-state index is 0.00222. The first-order chi connectivity index (χ1) is 7.34. The van der Waals surface area contributed by atoms with Gasteiger partial charge in [0.2, 0.25) is 0 Å². The van der Waals surface area contributed by atoms with Crippen LogP contribution >= 0.6 is 0 Å². The highest BCUT2D eigenvalue weighted by Gasteiger charge is 2.20. The van der Waals surface area contributed by atoms with Gasteiger partial charge in [-0.3, -0.25) is 0 Å². The lowest BCUT2D eigenvalue weighted by atomic mass is 10.0. The van der Waals surface area contributed by atoms with Crippen LogP contribution in [0.2, 0.25) is 0 Å². The van der Waals surface area contributed by atoms with Crippen molar-refractivity contribution < 1.29 is 19.8 Å². The number of carbonyl (C=O) groups is 2. The Hall–Kier alpha value is -2.04. The number of rotatable bonds is 3. The molecule has 5 heteroatoms. The van der Waals surface area contributed by atoms with Crippen molar-refractivity contribution >= 4 is 17.6 Å². The molecule has 0 aliphatic heterocycles. The van der Waals surface area contributed by atoms with Crippen molar-refractivity contribution in [1.29, 1.82) is 0 Å². The van der Waals surface area contributed by atoms with Crippen LogP contribution < -0.4 is 4.90 Å². The minimum atomic E-state index is -1.13. The molecule has 0 aliphatic carbocycles. The number of carboxylic acid groups (broad SMARTS) is 2. The Morgan fingerprint density at radius 1 is 1.06 bits per heavy atom. The fourth-order valence-corrected chi connectivity index (χ4v) is 1.59. The second kappa shape index (κ2) is 4.22. The minimum Gasteiger partial charge on any atom is -0.478 e. The van der Waals surface area contributed by atoms with Crippen molar-refractivity contribution in [2.24, 2.45) is 0 Å². The third kappa shape index (κ3) is 2.13. The maximum absolute atomic E-state index is 11.0. The van der Waals surface area contributed by atoms with Crippen LogP contribution in [0.5, 0.6) is 0 Å². The predicted octanol–water partition coefficient (Wildman–Crippen LogP) is 1.46. The fourth-order valence-electron chi connectivity index (χ4n) is 1.59. The van der Waals surface area contributed by atoms with Crippen LogP contribution in [-0.2, 0) is 0 Å². The molecule has 1 rings (SSSR count). The number of benzene rings is 1. The monoisotopic (exact) mass is 223 g/mol. The second-order valence-corrected chi connectivity index (χ2v) is 3.71. The molecule has 86 valence electrons. The smallest absolute Gasteiger partial charge is 0.337 e. The van der Waals surface area contributed by atoms with Crippen molar-refractivity contribution in [1.82, 2.24) is 0 Å². The van der Waals surface area contributed by atoms with Crippen LogP contribution in [-0.4, -0.2) is 36.2 Å². The van der Waals surface area contributed by atoms with E-state index in [2.05, 4.69) is 0 Å². The summed E-state index contributed by atoms with van der Waals surface area (Å²) in [6.45, 7) is 1.66. The van der Waals surface area contributed by atoms with E-state index in [9.17, 15) is 9.59 Å². The average molecular weight is 223 g/mol. The largest absolute Gasteiger partial charge is 0.478 e. The zero-order valence-electron chi connectivity index (χ0n) is 9.31. The molecule has 2 N–H and O–H groups in total. The van der Waals surface area contributed by atoms with Gasteiger partial charge in [-0.05, 0) is 24.6 Å². The normalized spacial score (nSPS) is 9.94. The van der Waals surface area contributed by atoms with E-state index in [-0.39, 0.29) is 16.8 Å². The molecule has 0 heterocycles. The fraction of sp³-hybridized carbons (Fsp3) is 0.273. The standard InChI is InChI=1S/C11H13NO4/c1-6-4-7(10(13)14)9(12(2)3)8(5-6)11(15)16/h4-5H,1-3H3,(H,13,14)(H,15,16). The predicted molar refractivity (Wildman–Crippen MR) is 59.4 cm³/mol. The lowest BCUT2D eigenvalue weighted by Gasteiger charge is -2.18. The van der Waals surface area contributed by atoms with Crippen molar-refractivity contribution in [3.63, 3.8) is 0 Å². The zero-order valence-corrected chi connectivity index (χ0v) is 9.31. The lowest BCUT2D eigenvalue weighted by molar-refractivity contribution is 0.0696. The summed E-state index contributed by atoms with van der Waals surface area (Å²) in [5.41, 5.74) is 0.829. The van der Waals surface area contributed by atoms with E-state index < -0.39 is 11.9 Å². The highest BCUT2D eigenvalue weighted by atomic mass is 16.4. The summed E-state index contributed by atoms with van der Waals surface area (Å²) < 4.78 is 0. The number of hydrogen-bond donors (Lipinski definition) is 2. The molecule has 0 spiro atoms. The van der Waals surface area contributed by atoms with Gasteiger partial charge in [-0.1, -0.05) is 0 Å². The van der Waals surface area contributed by atoms with Crippen LogP contribution in [0.15, 0.2) is 12.1 Å². The molecule has 0 fully saturated rings. The summed E-state index contributed by atoms with van der Waals surface area (Å²) in [6, 6.07) is 2.92. The van der Waals surface area contributed by atoms with E-state index in [1.165, 1.54) is 17.0 Å². The van der Waals surface area contributed by atoms with Gasteiger partial charge in [0.15, 0.2) is 0 Å². The summed E-state index contributed by atoms with van der Waals surface area (Å²) >= 11 is 0. The first-order valence-electron chi connectivity index (χ1n) is 4.63. The number of aromatic carboxylic acids is 2. The van der Waals surface area contributed by atoms with Crippen LogP contribution in [0.4, 0.5) is 5.69 Å². The maximum Gasteiger partial charge on any atom is 0.337 e. The summed E-state index contributed by atoms with van der Waals surface area (Å²) in [7, 11) is 3.23. The number of hydrogen-bond acceptors (Lipinski definition) is 3. The second-order valence-electron chi connectivity index (χ2n) is 3.71. The molecule has 1 aromatic carbocycles. The van der Waals surface area contributed by atoms with Gasteiger partial charge in [0, 0.05) is 14.1 Å². The molecule has 0 saturated heterocycles. The first-order valence-corrected chi connectivity index (χ1v) is 4.63. The van der Waals surface area contributed by atoms with Crippen molar-refractivity contribution in [3.8, 4) is 0 Å². The Bertz CT molecular complexity index is 416. The number of anilines is 1. The molecule has 0 atom stereocenters. The Labute approximate surface area is 92.9 Å². The summed E-state index contributed by atoms with van der Waals surface area (Å²) in [4.78, 5) is 23.6. The molecule has 0 amide bonds. The maximum atomic E-state index is 11.0. The van der Waals surface area contributed by atoms with Crippen molar-refractivity contribution in [2.45, 2.75) is 6.92 Å². The topological polar surface area (TPSA) is 77.8 Å². The molecule has 1 aromatic rings. The van der Waals surface area contributed by atoms with Gasteiger partial charge in [0.1, 0.15) is 0 Å². The van der Waals surface area contributed by atoms with Gasteiger partial charge in [0.05, 0.1) is 16.8 Å². The Morgan fingerprint density at radius 2 is 1.44 bits per heavy atom.